The lowest BCUT2D eigenvalue weighted by molar-refractivity contribution is 0.0569. The lowest BCUT2D eigenvalue weighted by Crippen LogP contribution is -2.41. The summed E-state index contributed by atoms with van der Waals surface area (Å²) in [5.74, 6) is 0.987. The van der Waals surface area contributed by atoms with Crippen LogP contribution in [0.2, 0.25) is 0 Å². The molecule has 1 saturated carbocycles. The van der Waals surface area contributed by atoms with Crippen molar-refractivity contribution in [2.75, 3.05) is 6.54 Å². The number of aryl methyl sites for hydroxylation is 1. The summed E-state index contributed by atoms with van der Waals surface area (Å²) >= 11 is 0. The van der Waals surface area contributed by atoms with Crippen molar-refractivity contribution in [1.82, 2.24) is 14.9 Å². The van der Waals surface area contributed by atoms with Crippen LogP contribution in [0.4, 0.5) is 0 Å². The smallest absolute Gasteiger partial charge is 0.112 e. The normalized spacial score (nSPS) is 18.0. The minimum atomic E-state index is -0.755. The van der Waals surface area contributed by atoms with E-state index in [0.29, 0.717) is 19.0 Å². The molecule has 4 heteroatoms. The molecule has 0 radical (unpaired) electrons. The number of hydrogen-bond acceptors (Lipinski definition) is 3. The summed E-state index contributed by atoms with van der Waals surface area (Å²) in [5.41, 5.74) is 1.43. The Bertz CT molecular complexity index is 614. The first kappa shape index (κ1) is 14.5. The van der Waals surface area contributed by atoms with Gasteiger partial charge in [-0.3, -0.25) is 0 Å². The highest BCUT2D eigenvalue weighted by Gasteiger charge is 2.28. The molecule has 21 heavy (non-hydrogen) atoms. The van der Waals surface area contributed by atoms with Gasteiger partial charge in [0.1, 0.15) is 5.82 Å². The molecule has 2 aromatic rings. The average molecular weight is 287 g/mol. The molecule has 1 unspecified atom stereocenters. The van der Waals surface area contributed by atoms with Gasteiger partial charge < -0.3 is 15.0 Å². The van der Waals surface area contributed by atoms with Crippen molar-refractivity contribution in [2.45, 2.75) is 57.7 Å². The van der Waals surface area contributed by atoms with Crippen LogP contribution in [-0.2, 0) is 13.0 Å². The van der Waals surface area contributed by atoms with Crippen molar-refractivity contribution >= 4 is 11.0 Å². The van der Waals surface area contributed by atoms with Crippen molar-refractivity contribution in [1.29, 1.82) is 0 Å². The minimum Gasteiger partial charge on any atom is -0.388 e. The maximum absolute atomic E-state index is 10.6. The fraction of sp³-hybridized carbons (Fsp3) is 0.588. The van der Waals surface area contributed by atoms with Gasteiger partial charge in [-0.05, 0) is 38.3 Å². The molecule has 0 aliphatic heterocycles. The van der Waals surface area contributed by atoms with Gasteiger partial charge in [0.2, 0.25) is 0 Å². The molecule has 1 fully saturated rings. The lowest BCUT2D eigenvalue weighted by atomic mass is 10.0. The molecule has 4 nitrogen and oxygen atoms in total. The van der Waals surface area contributed by atoms with Gasteiger partial charge >= 0.3 is 0 Å². The van der Waals surface area contributed by atoms with Crippen LogP contribution in [0.15, 0.2) is 24.3 Å². The molecule has 0 spiro atoms. The number of nitrogens with one attached hydrogen (secondary N) is 1. The molecule has 114 valence electrons. The third-order valence-corrected chi connectivity index (χ3v) is 4.07. The number of aromatic nitrogens is 2. The quantitative estimate of drug-likeness (QED) is 0.822. The van der Waals surface area contributed by atoms with Crippen LogP contribution in [0.3, 0.4) is 0 Å². The Hall–Kier alpha value is -1.39. The highest BCUT2D eigenvalue weighted by Crippen LogP contribution is 2.22. The Morgan fingerprint density at radius 1 is 1.38 bits per heavy atom. The molecule has 0 saturated heterocycles. The van der Waals surface area contributed by atoms with E-state index in [4.69, 9.17) is 4.98 Å². The molecular weight excluding hydrogens is 262 g/mol. The van der Waals surface area contributed by atoms with E-state index in [0.717, 1.165) is 24.3 Å². The summed E-state index contributed by atoms with van der Waals surface area (Å²) in [7, 11) is 0. The first-order valence-electron chi connectivity index (χ1n) is 7.99. The summed E-state index contributed by atoms with van der Waals surface area (Å²) in [5, 5.41) is 14.1. The molecule has 1 aromatic carbocycles. The molecule has 2 N–H and O–H groups in total. The van der Waals surface area contributed by atoms with E-state index < -0.39 is 5.60 Å². The Kier molecular flexibility index (Phi) is 4.00. The number of hydrogen-bond donors (Lipinski definition) is 2. The number of imidazole rings is 1. The molecule has 0 amide bonds. The second-order valence-corrected chi connectivity index (χ2v) is 6.50. The van der Waals surface area contributed by atoms with Gasteiger partial charge in [-0.15, -0.1) is 0 Å². The lowest BCUT2D eigenvalue weighted by Gasteiger charge is -2.24. The highest BCUT2D eigenvalue weighted by molar-refractivity contribution is 5.75. The van der Waals surface area contributed by atoms with E-state index in [1.807, 2.05) is 25.1 Å². The zero-order valence-electron chi connectivity index (χ0n) is 13.0. The Morgan fingerprint density at radius 3 is 2.86 bits per heavy atom. The van der Waals surface area contributed by atoms with E-state index in [-0.39, 0.29) is 0 Å². The summed E-state index contributed by atoms with van der Waals surface area (Å²) in [6, 6.07) is 8.83. The van der Waals surface area contributed by atoms with E-state index in [1.54, 1.807) is 0 Å². The molecule has 1 aliphatic rings. The first-order chi connectivity index (χ1) is 10.1. The van der Waals surface area contributed by atoms with Gasteiger partial charge in [-0.1, -0.05) is 19.1 Å². The van der Waals surface area contributed by atoms with Gasteiger partial charge in [0.25, 0.3) is 0 Å². The fourth-order valence-electron chi connectivity index (χ4n) is 2.79. The number of para-hydroxylation sites is 2. The molecule has 1 aliphatic carbocycles. The summed E-state index contributed by atoms with van der Waals surface area (Å²) < 4.78 is 2.25. The van der Waals surface area contributed by atoms with E-state index in [2.05, 4.69) is 22.9 Å². The van der Waals surface area contributed by atoms with Crippen LogP contribution >= 0.6 is 0 Å². The Morgan fingerprint density at radius 2 is 2.14 bits per heavy atom. The second-order valence-electron chi connectivity index (χ2n) is 6.50. The van der Waals surface area contributed by atoms with Gasteiger partial charge in [0.15, 0.2) is 0 Å². The number of nitrogens with zero attached hydrogens (tertiary/aromatic N) is 2. The standard InChI is InChI=1S/C17H25N3O/c1-3-10-20-15-7-5-4-6-14(15)19-16(20)11-17(2,21)12-18-13-8-9-13/h4-7,13,18,21H,3,8-12H2,1-2H3. The topological polar surface area (TPSA) is 50.1 Å². The highest BCUT2D eigenvalue weighted by atomic mass is 16.3. The average Bonchev–Trinajstić information content (AvgIpc) is 3.22. The number of fused-ring (bicyclic) bond motifs is 1. The van der Waals surface area contributed by atoms with Crippen LogP contribution in [-0.4, -0.2) is 32.8 Å². The van der Waals surface area contributed by atoms with Gasteiger partial charge in [-0.2, -0.15) is 0 Å². The van der Waals surface area contributed by atoms with E-state index in [1.165, 1.54) is 18.4 Å². The van der Waals surface area contributed by atoms with Crippen molar-refractivity contribution in [3.05, 3.63) is 30.1 Å². The zero-order valence-corrected chi connectivity index (χ0v) is 13.0. The van der Waals surface area contributed by atoms with Crippen molar-refractivity contribution < 1.29 is 5.11 Å². The van der Waals surface area contributed by atoms with Crippen LogP contribution in [0, 0.1) is 0 Å². The van der Waals surface area contributed by atoms with Crippen LogP contribution < -0.4 is 5.32 Å². The van der Waals surface area contributed by atoms with Crippen LogP contribution in [0.25, 0.3) is 11.0 Å². The Labute approximate surface area is 126 Å². The second kappa shape index (κ2) is 5.78. The SMILES string of the molecule is CCCn1c(CC(C)(O)CNC2CC2)nc2ccccc21. The molecular formula is C17H25N3O. The summed E-state index contributed by atoms with van der Waals surface area (Å²) in [6.45, 7) is 5.65. The predicted octanol–water partition coefficient (Wildman–Crippen LogP) is 2.49. The molecule has 1 heterocycles. The monoisotopic (exact) mass is 287 g/mol. The van der Waals surface area contributed by atoms with Gasteiger partial charge in [0, 0.05) is 25.6 Å². The minimum absolute atomic E-state index is 0.585. The Balaban J connectivity index is 1.82. The van der Waals surface area contributed by atoms with Gasteiger partial charge in [0.05, 0.1) is 16.6 Å². The van der Waals surface area contributed by atoms with Crippen LogP contribution in [0.1, 0.15) is 38.9 Å². The molecule has 1 atom stereocenters. The van der Waals surface area contributed by atoms with Crippen molar-refractivity contribution in [3.63, 3.8) is 0 Å². The molecule has 3 rings (SSSR count). The number of aliphatic hydroxyl groups is 1. The van der Waals surface area contributed by atoms with E-state index in [9.17, 15) is 5.11 Å². The third kappa shape index (κ3) is 3.44. The molecule has 0 bridgehead atoms. The maximum atomic E-state index is 10.6. The predicted molar refractivity (Wildman–Crippen MR) is 85.4 cm³/mol. The van der Waals surface area contributed by atoms with Crippen molar-refractivity contribution in [3.8, 4) is 0 Å². The van der Waals surface area contributed by atoms with Gasteiger partial charge in [-0.25, -0.2) is 4.98 Å². The van der Waals surface area contributed by atoms with E-state index >= 15 is 0 Å². The third-order valence-electron chi connectivity index (χ3n) is 4.07. The van der Waals surface area contributed by atoms with Crippen molar-refractivity contribution in [2.24, 2.45) is 0 Å². The summed E-state index contributed by atoms with van der Waals surface area (Å²) in [4.78, 5) is 4.73. The van der Waals surface area contributed by atoms with Crippen LogP contribution in [0.5, 0.6) is 0 Å². The maximum Gasteiger partial charge on any atom is 0.112 e. The molecule has 1 aromatic heterocycles. The zero-order chi connectivity index (χ0) is 14.9. The number of benzene rings is 1. The number of rotatable bonds is 7. The largest absolute Gasteiger partial charge is 0.388 e. The summed E-state index contributed by atoms with van der Waals surface area (Å²) in [6.07, 6.45) is 4.13. The first-order valence-corrected chi connectivity index (χ1v) is 7.99. The fourth-order valence-corrected chi connectivity index (χ4v) is 2.79.